The lowest BCUT2D eigenvalue weighted by Crippen LogP contribution is -1.98. The van der Waals surface area contributed by atoms with Crippen LogP contribution in [0.4, 0.5) is 0 Å². The highest BCUT2D eigenvalue weighted by Gasteiger charge is 1.95. The van der Waals surface area contributed by atoms with Crippen LogP contribution in [0.5, 0.6) is 5.75 Å². The molecule has 0 radical (unpaired) electrons. The van der Waals surface area contributed by atoms with Gasteiger partial charge in [-0.3, -0.25) is 0 Å². The summed E-state index contributed by atoms with van der Waals surface area (Å²) in [5.74, 6) is 0.887. The number of nitriles is 1. The van der Waals surface area contributed by atoms with E-state index in [4.69, 9.17) is 14.7 Å². The largest absolute Gasteiger partial charge is 0.502 e. The van der Waals surface area contributed by atoms with Gasteiger partial charge in [-0.15, -0.1) is 0 Å². The zero-order valence-corrected chi connectivity index (χ0v) is 14.4. The number of rotatable bonds is 10. The molecule has 2 rings (SSSR count). The Hall–Kier alpha value is -2.99. The van der Waals surface area contributed by atoms with Crippen LogP contribution in [-0.2, 0) is 4.74 Å². The minimum Gasteiger partial charge on any atom is -0.502 e. The maximum Gasteiger partial charge on any atom is 0.119 e. The summed E-state index contributed by atoms with van der Waals surface area (Å²) in [6, 6.07) is 17.7. The molecular weight excluding hydrogens is 310 g/mol. The highest BCUT2D eigenvalue weighted by atomic mass is 16.5. The third kappa shape index (κ3) is 6.97. The Kier molecular flexibility index (Phi) is 7.87. The van der Waals surface area contributed by atoms with E-state index in [-0.39, 0.29) is 0 Å². The summed E-state index contributed by atoms with van der Waals surface area (Å²) in [5.41, 5.74) is 2.85. The van der Waals surface area contributed by atoms with E-state index in [1.54, 1.807) is 0 Å². The predicted molar refractivity (Wildman–Crippen MR) is 102 cm³/mol. The molecule has 0 aliphatic carbocycles. The smallest absolute Gasteiger partial charge is 0.119 e. The molecule has 0 amide bonds. The van der Waals surface area contributed by atoms with Crippen molar-refractivity contribution in [2.24, 2.45) is 0 Å². The molecule has 0 fully saturated rings. The Bertz CT molecular complexity index is 709. The van der Waals surface area contributed by atoms with E-state index < -0.39 is 0 Å². The first-order valence-electron chi connectivity index (χ1n) is 8.45. The standard InChI is InChI=1S/C22H23NO2/c1-2-24-16-4-3-5-17-25-22-14-12-20(13-15-22)7-6-19-8-10-21(18-23)11-9-19/h2,6-15H,1,3-5,16-17H2/b7-6+. The van der Waals surface area contributed by atoms with Crippen LogP contribution in [0, 0.1) is 11.3 Å². The summed E-state index contributed by atoms with van der Waals surface area (Å²) >= 11 is 0. The number of unbranched alkanes of at least 4 members (excludes halogenated alkanes) is 2. The molecule has 0 aliphatic rings. The first-order chi connectivity index (χ1) is 12.3. The van der Waals surface area contributed by atoms with Crippen molar-refractivity contribution in [3.63, 3.8) is 0 Å². The zero-order chi connectivity index (χ0) is 17.7. The van der Waals surface area contributed by atoms with E-state index in [9.17, 15) is 0 Å². The molecule has 128 valence electrons. The highest BCUT2D eigenvalue weighted by molar-refractivity contribution is 5.70. The first-order valence-corrected chi connectivity index (χ1v) is 8.45. The predicted octanol–water partition coefficient (Wildman–Crippen LogP) is 5.44. The summed E-state index contributed by atoms with van der Waals surface area (Å²) in [4.78, 5) is 0. The van der Waals surface area contributed by atoms with Crippen LogP contribution >= 0.6 is 0 Å². The molecule has 25 heavy (non-hydrogen) atoms. The van der Waals surface area contributed by atoms with Gasteiger partial charge in [0.1, 0.15) is 5.75 Å². The summed E-state index contributed by atoms with van der Waals surface area (Å²) in [6.45, 7) is 4.96. The molecule has 3 heteroatoms. The van der Waals surface area contributed by atoms with Crippen LogP contribution < -0.4 is 4.74 Å². The molecule has 0 saturated heterocycles. The third-order valence-electron chi connectivity index (χ3n) is 3.68. The lowest BCUT2D eigenvalue weighted by Gasteiger charge is -2.06. The zero-order valence-electron chi connectivity index (χ0n) is 14.4. The van der Waals surface area contributed by atoms with Gasteiger partial charge in [0.15, 0.2) is 0 Å². The molecule has 0 saturated carbocycles. The van der Waals surface area contributed by atoms with Gasteiger partial charge < -0.3 is 9.47 Å². The van der Waals surface area contributed by atoms with Crippen LogP contribution in [-0.4, -0.2) is 13.2 Å². The molecule has 0 unspecified atom stereocenters. The number of hydrogen-bond acceptors (Lipinski definition) is 3. The molecule has 0 spiro atoms. The van der Waals surface area contributed by atoms with Crippen LogP contribution in [0.2, 0.25) is 0 Å². The van der Waals surface area contributed by atoms with Gasteiger partial charge in [0.05, 0.1) is 31.1 Å². The number of hydrogen-bond donors (Lipinski definition) is 0. The minimum atomic E-state index is 0.673. The molecule has 0 bridgehead atoms. The quantitative estimate of drug-likeness (QED) is 0.330. The van der Waals surface area contributed by atoms with E-state index in [0.29, 0.717) is 12.2 Å². The highest BCUT2D eigenvalue weighted by Crippen LogP contribution is 2.15. The fourth-order valence-corrected chi connectivity index (χ4v) is 2.27. The van der Waals surface area contributed by atoms with Gasteiger partial charge in [-0.05, 0) is 54.7 Å². The Labute approximate surface area is 149 Å². The van der Waals surface area contributed by atoms with E-state index >= 15 is 0 Å². The van der Waals surface area contributed by atoms with Gasteiger partial charge in [0.2, 0.25) is 0 Å². The van der Waals surface area contributed by atoms with E-state index in [1.807, 2.05) is 60.7 Å². The Morgan fingerprint density at radius 3 is 2.04 bits per heavy atom. The van der Waals surface area contributed by atoms with Gasteiger partial charge >= 0.3 is 0 Å². The van der Waals surface area contributed by atoms with Crippen LogP contribution in [0.25, 0.3) is 12.2 Å². The molecule has 2 aromatic rings. The van der Waals surface area contributed by atoms with Gasteiger partial charge in [-0.25, -0.2) is 0 Å². The van der Waals surface area contributed by atoms with E-state index in [2.05, 4.69) is 12.6 Å². The van der Waals surface area contributed by atoms with Gasteiger partial charge in [-0.1, -0.05) is 43.0 Å². The van der Waals surface area contributed by atoms with Crippen molar-refractivity contribution in [3.05, 3.63) is 78.1 Å². The maximum atomic E-state index is 8.80. The Morgan fingerprint density at radius 1 is 0.840 bits per heavy atom. The average molecular weight is 333 g/mol. The number of ether oxygens (including phenoxy) is 2. The normalized spacial score (nSPS) is 10.4. The van der Waals surface area contributed by atoms with Crippen molar-refractivity contribution in [3.8, 4) is 11.8 Å². The van der Waals surface area contributed by atoms with Gasteiger partial charge in [-0.2, -0.15) is 5.26 Å². The molecule has 3 nitrogen and oxygen atoms in total. The van der Waals surface area contributed by atoms with Crippen molar-refractivity contribution < 1.29 is 9.47 Å². The topological polar surface area (TPSA) is 42.2 Å². The summed E-state index contributed by atoms with van der Waals surface area (Å²) < 4.78 is 10.8. The summed E-state index contributed by atoms with van der Waals surface area (Å²) in [7, 11) is 0. The molecule has 0 atom stereocenters. The first kappa shape index (κ1) is 18.4. The number of benzene rings is 2. The second-order valence-corrected chi connectivity index (χ2v) is 5.58. The van der Waals surface area contributed by atoms with Crippen molar-refractivity contribution in [1.82, 2.24) is 0 Å². The summed E-state index contributed by atoms with van der Waals surface area (Å²) in [5, 5.41) is 8.80. The van der Waals surface area contributed by atoms with Crippen LogP contribution in [0.3, 0.4) is 0 Å². The SMILES string of the molecule is C=COCCCCCOc1ccc(/C=C/c2ccc(C#N)cc2)cc1. The third-order valence-corrected chi connectivity index (χ3v) is 3.68. The minimum absolute atomic E-state index is 0.673. The molecule has 0 aliphatic heterocycles. The van der Waals surface area contributed by atoms with Crippen molar-refractivity contribution in [2.75, 3.05) is 13.2 Å². The molecule has 2 aromatic carbocycles. The molecule has 0 aromatic heterocycles. The van der Waals surface area contributed by atoms with Crippen molar-refractivity contribution >= 4 is 12.2 Å². The molecule has 0 N–H and O–H groups in total. The maximum absolute atomic E-state index is 8.80. The van der Waals surface area contributed by atoms with Gasteiger partial charge in [0.25, 0.3) is 0 Å². The Balaban J connectivity index is 1.74. The van der Waals surface area contributed by atoms with E-state index in [0.717, 1.165) is 42.7 Å². The monoisotopic (exact) mass is 333 g/mol. The van der Waals surface area contributed by atoms with Crippen molar-refractivity contribution in [1.29, 1.82) is 5.26 Å². The number of nitrogens with zero attached hydrogens (tertiary/aromatic N) is 1. The summed E-state index contributed by atoms with van der Waals surface area (Å²) in [6.07, 6.45) is 8.68. The van der Waals surface area contributed by atoms with Crippen LogP contribution in [0.15, 0.2) is 61.4 Å². The molecule has 0 heterocycles. The van der Waals surface area contributed by atoms with Crippen LogP contribution in [0.1, 0.15) is 36.0 Å². The fraction of sp³-hybridized carbons (Fsp3) is 0.227. The lowest BCUT2D eigenvalue weighted by atomic mass is 10.1. The molecular formula is C22H23NO2. The average Bonchev–Trinajstić information content (AvgIpc) is 2.67. The Morgan fingerprint density at radius 2 is 1.44 bits per heavy atom. The van der Waals surface area contributed by atoms with Gasteiger partial charge in [0, 0.05) is 0 Å². The van der Waals surface area contributed by atoms with E-state index in [1.165, 1.54) is 6.26 Å². The lowest BCUT2D eigenvalue weighted by molar-refractivity contribution is 0.235. The second-order valence-electron chi connectivity index (χ2n) is 5.58. The second kappa shape index (κ2) is 10.7. The fourth-order valence-electron chi connectivity index (χ4n) is 2.27. The van der Waals surface area contributed by atoms with Crippen molar-refractivity contribution in [2.45, 2.75) is 19.3 Å².